The van der Waals surface area contributed by atoms with Gasteiger partial charge in [0.1, 0.15) is 4.88 Å². The van der Waals surface area contributed by atoms with E-state index in [9.17, 15) is 4.79 Å². The van der Waals surface area contributed by atoms with Gasteiger partial charge in [-0.2, -0.15) is 4.98 Å². The molecule has 0 aromatic carbocycles. The van der Waals surface area contributed by atoms with Crippen LogP contribution in [0, 0.1) is 13.8 Å². The molecule has 0 aliphatic carbocycles. The van der Waals surface area contributed by atoms with Crippen LogP contribution in [0.1, 0.15) is 21.1 Å². The molecule has 0 atom stereocenters. The lowest BCUT2D eigenvalue weighted by atomic mass is 10.3. The van der Waals surface area contributed by atoms with Crippen molar-refractivity contribution in [3.8, 4) is 10.8 Å². The third kappa shape index (κ3) is 2.50. The molecular formula is C13H11N3O2S2. The minimum absolute atomic E-state index is 0.126. The first-order valence-corrected chi connectivity index (χ1v) is 7.64. The molecule has 1 N–H and O–H groups in total. The van der Waals surface area contributed by atoms with E-state index < -0.39 is 0 Å². The summed E-state index contributed by atoms with van der Waals surface area (Å²) in [6.45, 7) is 3.72. The Labute approximate surface area is 123 Å². The zero-order chi connectivity index (χ0) is 14.1. The van der Waals surface area contributed by atoms with Gasteiger partial charge in [0.25, 0.3) is 11.8 Å². The molecule has 0 unspecified atom stereocenters. The average molecular weight is 305 g/mol. The Bertz CT molecular complexity index is 757. The Kier molecular flexibility index (Phi) is 3.37. The predicted molar refractivity (Wildman–Crippen MR) is 79.4 cm³/mol. The van der Waals surface area contributed by atoms with Crippen molar-refractivity contribution >= 4 is 34.3 Å². The van der Waals surface area contributed by atoms with Gasteiger partial charge in [0.05, 0.1) is 10.6 Å². The summed E-state index contributed by atoms with van der Waals surface area (Å²) in [5, 5.41) is 10.5. The lowest BCUT2D eigenvalue weighted by Gasteiger charge is -2.02. The first-order valence-electron chi connectivity index (χ1n) is 5.88. The van der Waals surface area contributed by atoms with Crippen molar-refractivity contribution < 1.29 is 9.32 Å². The highest BCUT2D eigenvalue weighted by Gasteiger charge is 2.16. The number of amides is 1. The molecule has 3 aromatic rings. The van der Waals surface area contributed by atoms with Crippen molar-refractivity contribution in [2.75, 3.05) is 5.32 Å². The van der Waals surface area contributed by atoms with Gasteiger partial charge >= 0.3 is 0 Å². The number of thiophene rings is 2. The van der Waals surface area contributed by atoms with Crippen LogP contribution < -0.4 is 5.32 Å². The standard InChI is InChI=1S/C13H11N3O2S2/c1-7-5-10(20-6-7)12(17)15-9-3-4-19-11(9)13-14-8(2)16-18-13/h3-6H,1-2H3,(H,15,17). The van der Waals surface area contributed by atoms with Crippen LogP contribution in [-0.2, 0) is 0 Å². The van der Waals surface area contributed by atoms with Gasteiger partial charge < -0.3 is 9.84 Å². The minimum atomic E-state index is -0.126. The summed E-state index contributed by atoms with van der Waals surface area (Å²) in [6, 6.07) is 3.70. The van der Waals surface area contributed by atoms with Crippen LogP contribution in [0.2, 0.25) is 0 Å². The maximum atomic E-state index is 12.2. The Morgan fingerprint density at radius 1 is 1.35 bits per heavy atom. The summed E-state index contributed by atoms with van der Waals surface area (Å²) in [4.78, 5) is 17.8. The molecule has 3 aromatic heterocycles. The zero-order valence-electron chi connectivity index (χ0n) is 10.8. The fourth-order valence-electron chi connectivity index (χ4n) is 1.70. The number of rotatable bonds is 3. The molecule has 7 heteroatoms. The van der Waals surface area contributed by atoms with Gasteiger partial charge in [0.15, 0.2) is 5.82 Å². The number of carbonyl (C=O) groups excluding carboxylic acids is 1. The average Bonchev–Trinajstić information content (AvgIpc) is 3.10. The highest BCUT2D eigenvalue weighted by Crippen LogP contribution is 2.33. The van der Waals surface area contributed by atoms with Gasteiger partial charge in [-0.1, -0.05) is 5.16 Å². The van der Waals surface area contributed by atoms with E-state index in [2.05, 4.69) is 15.5 Å². The van der Waals surface area contributed by atoms with E-state index in [1.54, 1.807) is 6.92 Å². The van der Waals surface area contributed by atoms with Crippen molar-refractivity contribution in [3.63, 3.8) is 0 Å². The van der Waals surface area contributed by atoms with E-state index >= 15 is 0 Å². The van der Waals surface area contributed by atoms with Crippen LogP contribution in [-0.4, -0.2) is 16.0 Å². The molecule has 0 saturated carbocycles. The first kappa shape index (κ1) is 13.0. The predicted octanol–water partition coefficient (Wildman–Crippen LogP) is 3.73. The Hall–Kier alpha value is -1.99. The van der Waals surface area contributed by atoms with Crippen LogP contribution in [0.5, 0.6) is 0 Å². The van der Waals surface area contributed by atoms with Crippen LogP contribution in [0.3, 0.4) is 0 Å². The molecule has 0 aliphatic heterocycles. The van der Waals surface area contributed by atoms with Crippen molar-refractivity contribution in [3.05, 3.63) is 39.2 Å². The number of nitrogens with zero attached hydrogens (tertiary/aromatic N) is 2. The van der Waals surface area contributed by atoms with Gasteiger partial charge in [0, 0.05) is 0 Å². The third-order valence-electron chi connectivity index (χ3n) is 2.59. The molecule has 3 heterocycles. The summed E-state index contributed by atoms with van der Waals surface area (Å²) < 4.78 is 5.14. The number of nitrogens with one attached hydrogen (secondary N) is 1. The van der Waals surface area contributed by atoms with Crippen molar-refractivity contribution in [2.24, 2.45) is 0 Å². The second kappa shape index (κ2) is 5.18. The zero-order valence-corrected chi connectivity index (χ0v) is 12.5. The second-order valence-corrected chi connectivity index (χ2v) is 6.08. The minimum Gasteiger partial charge on any atom is -0.333 e. The normalized spacial score (nSPS) is 10.7. The molecule has 102 valence electrons. The van der Waals surface area contributed by atoms with Crippen LogP contribution in [0.15, 0.2) is 27.4 Å². The smallest absolute Gasteiger partial charge is 0.270 e. The fourth-order valence-corrected chi connectivity index (χ4v) is 3.26. The molecule has 0 saturated heterocycles. The highest BCUT2D eigenvalue weighted by atomic mass is 32.1. The summed E-state index contributed by atoms with van der Waals surface area (Å²) >= 11 is 2.88. The van der Waals surface area contributed by atoms with Crippen molar-refractivity contribution in [1.82, 2.24) is 10.1 Å². The lowest BCUT2D eigenvalue weighted by molar-refractivity contribution is 0.103. The van der Waals surface area contributed by atoms with E-state index in [-0.39, 0.29) is 5.91 Å². The summed E-state index contributed by atoms with van der Waals surface area (Å²) in [7, 11) is 0. The van der Waals surface area contributed by atoms with E-state index in [0.29, 0.717) is 22.3 Å². The molecule has 20 heavy (non-hydrogen) atoms. The van der Waals surface area contributed by atoms with Crippen LogP contribution in [0.4, 0.5) is 5.69 Å². The highest BCUT2D eigenvalue weighted by molar-refractivity contribution is 7.14. The Balaban J connectivity index is 1.85. The maximum Gasteiger partial charge on any atom is 0.270 e. The molecule has 0 bridgehead atoms. The number of hydrogen-bond acceptors (Lipinski definition) is 6. The van der Waals surface area contributed by atoms with Crippen LogP contribution >= 0.6 is 22.7 Å². The summed E-state index contributed by atoms with van der Waals surface area (Å²) in [5.74, 6) is 0.869. The second-order valence-electron chi connectivity index (χ2n) is 4.25. The topological polar surface area (TPSA) is 68.0 Å². The fraction of sp³-hybridized carbons (Fsp3) is 0.154. The lowest BCUT2D eigenvalue weighted by Crippen LogP contribution is -2.10. The summed E-state index contributed by atoms with van der Waals surface area (Å²) in [6.07, 6.45) is 0. The molecule has 1 amide bonds. The van der Waals surface area contributed by atoms with E-state index in [1.807, 2.05) is 29.8 Å². The molecule has 3 rings (SSSR count). The molecule has 0 fully saturated rings. The van der Waals surface area contributed by atoms with Gasteiger partial charge in [-0.05, 0) is 42.3 Å². The van der Waals surface area contributed by atoms with Crippen molar-refractivity contribution in [1.29, 1.82) is 0 Å². The molecule has 0 aliphatic rings. The van der Waals surface area contributed by atoms with Gasteiger partial charge in [-0.15, -0.1) is 22.7 Å². The number of aromatic nitrogens is 2. The maximum absolute atomic E-state index is 12.2. The Morgan fingerprint density at radius 2 is 2.20 bits per heavy atom. The first-order chi connectivity index (χ1) is 9.63. The number of carbonyl (C=O) groups is 1. The quantitative estimate of drug-likeness (QED) is 0.800. The number of anilines is 1. The molecule has 5 nitrogen and oxygen atoms in total. The number of hydrogen-bond donors (Lipinski definition) is 1. The third-order valence-corrected chi connectivity index (χ3v) is 4.54. The largest absolute Gasteiger partial charge is 0.333 e. The summed E-state index contributed by atoms with van der Waals surface area (Å²) in [5.41, 5.74) is 1.77. The number of aryl methyl sites for hydroxylation is 2. The monoisotopic (exact) mass is 305 g/mol. The van der Waals surface area contributed by atoms with Gasteiger partial charge in [-0.3, -0.25) is 4.79 Å². The van der Waals surface area contributed by atoms with E-state index in [1.165, 1.54) is 22.7 Å². The molecule has 0 spiro atoms. The van der Waals surface area contributed by atoms with E-state index in [0.717, 1.165) is 10.4 Å². The van der Waals surface area contributed by atoms with E-state index in [4.69, 9.17) is 4.52 Å². The molecule has 0 radical (unpaired) electrons. The van der Waals surface area contributed by atoms with Gasteiger partial charge in [0.2, 0.25) is 0 Å². The SMILES string of the molecule is Cc1csc(C(=O)Nc2ccsc2-c2nc(C)no2)c1. The van der Waals surface area contributed by atoms with Crippen molar-refractivity contribution in [2.45, 2.75) is 13.8 Å². The Morgan fingerprint density at radius 3 is 2.85 bits per heavy atom. The van der Waals surface area contributed by atoms with Crippen LogP contribution in [0.25, 0.3) is 10.8 Å². The molecular weight excluding hydrogens is 294 g/mol. The van der Waals surface area contributed by atoms with Gasteiger partial charge in [-0.25, -0.2) is 0 Å².